The highest BCUT2D eigenvalue weighted by molar-refractivity contribution is 7.97. The van der Waals surface area contributed by atoms with Gasteiger partial charge >= 0.3 is 0 Å². The number of aromatic nitrogens is 2. The fraction of sp³-hybridized carbons (Fsp3) is 0.250. The molecular formula is C20H19F3N6OS. The lowest BCUT2D eigenvalue weighted by Gasteiger charge is -2.37. The van der Waals surface area contributed by atoms with Gasteiger partial charge < -0.3 is 16.0 Å². The van der Waals surface area contributed by atoms with Crippen molar-refractivity contribution in [2.75, 3.05) is 23.3 Å². The van der Waals surface area contributed by atoms with Crippen molar-refractivity contribution in [3.63, 3.8) is 0 Å². The quantitative estimate of drug-likeness (QED) is 0.526. The van der Waals surface area contributed by atoms with Gasteiger partial charge in [-0.25, -0.2) is 23.1 Å². The van der Waals surface area contributed by atoms with Crippen molar-refractivity contribution in [3.05, 3.63) is 54.0 Å². The van der Waals surface area contributed by atoms with E-state index in [1.807, 2.05) is 0 Å². The first-order valence-corrected chi connectivity index (χ1v) is 10.3. The number of rotatable bonds is 4. The molecule has 1 fully saturated rings. The Balaban J connectivity index is 1.75. The number of benzene rings is 1. The Hall–Kier alpha value is -2.89. The van der Waals surface area contributed by atoms with Crippen LogP contribution in [-0.4, -0.2) is 40.9 Å². The molecule has 0 bridgehead atoms. The highest BCUT2D eigenvalue weighted by Crippen LogP contribution is 2.33. The molecule has 11 heteroatoms. The molecule has 1 aliphatic heterocycles. The van der Waals surface area contributed by atoms with Crippen molar-refractivity contribution in [1.29, 1.82) is 0 Å². The monoisotopic (exact) mass is 448 g/mol. The summed E-state index contributed by atoms with van der Waals surface area (Å²) in [5.74, 6) is -3.95. The maximum absolute atomic E-state index is 14.4. The molecule has 4 rings (SSSR count). The number of carbonyl (C=O) groups is 1. The second kappa shape index (κ2) is 8.33. The molecule has 1 amide bonds. The molecule has 7 nitrogen and oxygen atoms in total. The molecule has 1 aliphatic rings. The number of anilines is 2. The third-order valence-corrected chi connectivity index (χ3v) is 5.58. The molecule has 2 aromatic heterocycles. The number of nitrogens with one attached hydrogen (secondary N) is 1. The van der Waals surface area contributed by atoms with E-state index in [1.54, 1.807) is 18.2 Å². The summed E-state index contributed by atoms with van der Waals surface area (Å²) in [5.41, 5.74) is 6.44. The van der Waals surface area contributed by atoms with E-state index in [-0.39, 0.29) is 29.9 Å². The summed E-state index contributed by atoms with van der Waals surface area (Å²) < 4.78 is 42.1. The number of alkyl halides is 2. The minimum atomic E-state index is -3.00. The van der Waals surface area contributed by atoms with Crippen molar-refractivity contribution in [3.8, 4) is 0 Å². The molecule has 0 radical (unpaired) electrons. The zero-order valence-corrected chi connectivity index (χ0v) is 17.0. The predicted molar refractivity (Wildman–Crippen MR) is 114 cm³/mol. The number of nitrogens with two attached hydrogens (primary N) is 2. The van der Waals surface area contributed by atoms with Crippen LogP contribution in [0.3, 0.4) is 0 Å². The fourth-order valence-corrected chi connectivity index (χ4v) is 3.75. The van der Waals surface area contributed by atoms with E-state index < -0.39 is 30.1 Å². The third-order valence-electron chi connectivity index (χ3n) is 5.12. The Morgan fingerprint density at radius 3 is 2.84 bits per heavy atom. The molecule has 1 unspecified atom stereocenters. The van der Waals surface area contributed by atoms with Gasteiger partial charge in [0.25, 0.3) is 11.8 Å². The number of pyridine rings is 2. The second-order valence-electron chi connectivity index (χ2n) is 7.18. The van der Waals surface area contributed by atoms with Crippen LogP contribution in [0.1, 0.15) is 16.8 Å². The van der Waals surface area contributed by atoms with Crippen LogP contribution in [-0.2, 0) is 0 Å². The first kappa shape index (κ1) is 21.3. The molecule has 162 valence electrons. The van der Waals surface area contributed by atoms with Gasteiger partial charge in [-0.3, -0.25) is 9.93 Å². The van der Waals surface area contributed by atoms with Crippen molar-refractivity contribution in [2.24, 2.45) is 10.9 Å². The van der Waals surface area contributed by atoms with Crippen LogP contribution in [0.4, 0.5) is 24.7 Å². The Morgan fingerprint density at radius 1 is 1.29 bits per heavy atom. The highest BCUT2D eigenvalue weighted by atomic mass is 32.2. The zero-order chi connectivity index (χ0) is 22.2. The third kappa shape index (κ3) is 4.29. The standard InChI is InChI=1S/C20H19F3N6OS/c21-14-2-1-3-15-12(14)9-13(19(30)27-11-4-6-26-17(8-11)31-25)18(28-15)29-7-5-20(22,23)16(24)10-29/h1-4,6,8-9,16H,5,7,10,24-25H2,(H,26,27,30). The number of hydrogen-bond acceptors (Lipinski definition) is 7. The van der Waals surface area contributed by atoms with E-state index in [1.165, 1.54) is 29.3 Å². The van der Waals surface area contributed by atoms with Crippen LogP contribution in [0.5, 0.6) is 0 Å². The maximum Gasteiger partial charge on any atom is 0.266 e. The average molecular weight is 448 g/mol. The molecular weight excluding hydrogens is 429 g/mol. The maximum atomic E-state index is 14.4. The Labute approximate surface area is 180 Å². The lowest BCUT2D eigenvalue weighted by atomic mass is 10.0. The smallest absolute Gasteiger partial charge is 0.266 e. The van der Waals surface area contributed by atoms with Gasteiger partial charge in [0.05, 0.1) is 17.1 Å². The van der Waals surface area contributed by atoms with Crippen molar-refractivity contribution < 1.29 is 18.0 Å². The highest BCUT2D eigenvalue weighted by Gasteiger charge is 2.42. The molecule has 5 N–H and O–H groups in total. The second-order valence-corrected chi connectivity index (χ2v) is 7.84. The average Bonchev–Trinajstić information content (AvgIpc) is 2.75. The summed E-state index contributed by atoms with van der Waals surface area (Å²) in [7, 11) is 0. The van der Waals surface area contributed by atoms with Gasteiger partial charge in [-0.2, -0.15) is 0 Å². The lowest BCUT2D eigenvalue weighted by Crippen LogP contribution is -2.55. The molecule has 3 aromatic rings. The summed E-state index contributed by atoms with van der Waals surface area (Å²) in [6.07, 6.45) is 1.01. The van der Waals surface area contributed by atoms with E-state index in [0.717, 1.165) is 11.9 Å². The number of carbonyl (C=O) groups excluding carboxylic acids is 1. The van der Waals surface area contributed by atoms with Crippen molar-refractivity contribution in [1.82, 2.24) is 9.97 Å². The molecule has 1 saturated heterocycles. The first-order valence-electron chi connectivity index (χ1n) is 9.40. The van der Waals surface area contributed by atoms with Crippen molar-refractivity contribution >= 4 is 40.3 Å². The summed E-state index contributed by atoms with van der Waals surface area (Å²) in [4.78, 5) is 23.1. The van der Waals surface area contributed by atoms with Crippen LogP contribution in [0, 0.1) is 5.82 Å². The van der Waals surface area contributed by atoms with Gasteiger partial charge in [0.1, 0.15) is 16.7 Å². The van der Waals surface area contributed by atoms with E-state index >= 15 is 0 Å². The van der Waals surface area contributed by atoms with Gasteiger partial charge in [-0.15, -0.1) is 0 Å². The molecule has 3 heterocycles. The molecule has 1 atom stereocenters. The predicted octanol–water partition coefficient (Wildman–Crippen LogP) is 3.16. The Kier molecular flexibility index (Phi) is 5.73. The van der Waals surface area contributed by atoms with Crippen LogP contribution < -0.4 is 21.1 Å². The van der Waals surface area contributed by atoms with Crippen LogP contribution in [0.15, 0.2) is 47.6 Å². The number of halogens is 3. The van der Waals surface area contributed by atoms with Crippen molar-refractivity contribution in [2.45, 2.75) is 23.4 Å². The summed E-state index contributed by atoms with van der Waals surface area (Å²) in [6, 6.07) is 7.46. The molecule has 0 saturated carbocycles. The van der Waals surface area contributed by atoms with Crippen LogP contribution in [0.25, 0.3) is 10.9 Å². The van der Waals surface area contributed by atoms with E-state index in [0.29, 0.717) is 16.2 Å². The van der Waals surface area contributed by atoms with Gasteiger partial charge in [-0.1, -0.05) is 6.07 Å². The minimum absolute atomic E-state index is 0.0436. The first-order chi connectivity index (χ1) is 14.8. The Bertz CT molecular complexity index is 1150. The SMILES string of the molecule is NSc1cc(NC(=O)c2cc3c(F)cccc3nc2N2CCC(F)(F)C(N)C2)ccn1. The van der Waals surface area contributed by atoms with Crippen LogP contribution in [0.2, 0.25) is 0 Å². The normalized spacial score (nSPS) is 18.2. The van der Waals surface area contributed by atoms with Gasteiger partial charge in [0.2, 0.25) is 0 Å². The number of hydrogen-bond donors (Lipinski definition) is 3. The number of amides is 1. The van der Waals surface area contributed by atoms with E-state index in [2.05, 4.69) is 15.3 Å². The largest absolute Gasteiger partial charge is 0.354 e. The van der Waals surface area contributed by atoms with E-state index in [4.69, 9.17) is 10.9 Å². The number of piperidine rings is 1. The molecule has 0 aliphatic carbocycles. The summed E-state index contributed by atoms with van der Waals surface area (Å²) in [5, 5.41) is 8.85. The number of nitrogens with zero attached hydrogens (tertiary/aromatic N) is 3. The van der Waals surface area contributed by atoms with Gasteiger partial charge in [-0.05, 0) is 42.3 Å². The van der Waals surface area contributed by atoms with E-state index in [9.17, 15) is 18.0 Å². The summed E-state index contributed by atoms with van der Waals surface area (Å²) in [6.45, 7) is -0.234. The minimum Gasteiger partial charge on any atom is -0.354 e. The zero-order valence-electron chi connectivity index (χ0n) is 16.2. The fourth-order valence-electron chi connectivity index (χ4n) is 3.43. The topological polar surface area (TPSA) is 110 Å². The Morgan fingerprint density at radius 2 is 2.10 bits per heavy atom. The molecule has 31 heavy (non-hydrogen) atoms. The summed E-state index contributed by atoms with van der Waals surface area (Å²) >= 11 is 0.918. The van der Waals surface area contributed by atoms with Crippen LogP contribution >= 0.6 is 11.9 Å². The van der Waals surface area contributed by atoms with Gasteiger partial charge in [0, 0.05) is 36.8 Å². The van der Waals surface area contributed by atoms with Gasteiger partial charge in [0.15, 0.2) is 0 Å². The molecule has 1 aromatic carbocycles. The lowest BCUT2D eigenvalue weighted by molar-refractivity contribution is -0.0394. The molecule has 0 spiro atoms. The number of fused-ring (bicyclic) bond motifs is 1.